The second-order valence-electron chi connectivity index (χ2n) is 4.70. The normalized spacial score (nSPS) is 16.8. The Hall–Kier alpha value is -1.71. The number of esters is 1. The highest BCUT2D eigenvalue weighted by atomic mass is 16.5. The maximum absolute atomic E-state index is 12.1. The molecule has 0 amide bonds. The minimum atomic E-state index is -0.476. The molecule has 0 N–H and O–H groups in total. The Kier molecular flexibility index (Phi) is 3.45. The first-order valence-electron chi connectivity index (χ1n) is 6.29. The van der Waals surface area contributed by atoms with Crippen molar-refractivity contribution in [3.63, 3.8) is 0 Å². The third-order valence-electron chi connectivity index (χ3n) is 3.66. The zero-order valence-corrected chi connectivity index (χ0v) is 10.8. The van der Waals surface area contributed by atoms with Crippen molar-refractivity contribution in [1.82, 2.24) is 0 Å². The molecule has 1 aliphatic carbocycles. The summed E-state index contributed by atoms with van der Waals surface area (Å²) in [4.78, 5) is 23.2. The predicted molar refractivity (Wildman–Crippen MR) is 67.8 cm³/mol. The van der Waals surface area contributed by atoms with Gasteiger partial charge in [-0.3, -0.25) is 4.79 Å². The van der Waals surface area contributed by atoms with Gasteiger partial charge in [-0.25, -0.2) is 0 Å². The van der Waals surface area contributed by atoms with Gasteiger partial charge >= 0.3 is 5.97 Å². The number of rotatable bonds is 4. The Morgan fingerprint density at radius 2 is 1.94 bits per heavy atom. The quantitative estimate of drug-likeness (QED) is 0.608. The molecule has 0 aromatic heterocycles. The van der Waals surface area contributed by atoms with Crippen molar-refractivity contribution < 1.29 is 14.3 Å². The molecule has 0 spiro atoms. The van der Waals surface area contributed by atoms with Crippen LogP contribution in [0.3, 0.4) is 0 Å². The highest BCUT2D eigenvalue weighted by Gasteiger charge is 2.47. The topological polar surface area (TPSA) is 46.4 Å². The second-order valence-corrected chi connectivity index (χ2v) is 4.70. The van der Waals surface area contributed by atoms with E-state index >= 15 is 0 Å². The van der Waals surface area contributed by atoms with Crippen LogP contribution in [-0.4, -0.2) is 24.4 Å². The number of carbonyl (C=O) groups is 1. The van der Waals surface area contributed by atoms with Crippen LogP contribution in [0.5, 0.6) is 0 Å². The van der Waals surface area contributed by atoms with Crippen LogP contribution in [0.2, 0.25) is 0 Å². The molecule has 1 aromatic carbocycles. The van der Waals surface area contributed by atoms with Crippen molar-refractivity contribution in [2.45, 2.75) is 31.6 Å². The summed E-state index contributed by atoms with van der Waals surface area (Å²) in [6.45, 7) is 2.22. The van der Waals surface area contributed by atoms with Crippen LogP contribution in [0.1, 0.15) is 31.7 Å². The third-order valence-corrected chi connectivity index (χ3v) is 3.66. The Morgan fingerprint density at radius 3 is 2.33 bits per heavy atom. The Bertz CT molecular complexity index is 460. The molecular formula is C14H18NO3+. The van der Waals surface area contributed by atoms with E-state index in [1.165, 1.54) is 7.05 Å². The highest BCUT2D eigenvalue weighted by molar-refractivity contribution is 5.84. The minimum Gasteiger partial charge on any atom is -0.465 e. The van der Waals surface area contributed by atoms with Crippen LogP contribution in [-0.2, 0) is 14.9 Å². The fraction of sp³-hybridized carbons (Fsp3) is 0.500. The van der Waals surface area contributed by atoms with Crippen LogP contribution >= 0.6 is 0 Å². The van der Waals surface area contributed by atoms with Crippen molar-refractivity contribution in [3.05, 3.63) is 34.7 Å². The first-order valence-corrected chi connectivity index (χ1v) is 6.29. The maximum Gasteiger partial charge on any atom is 0.316 e. The zero-order chi connectivity index (χ0) is 13.2. The first kappa shape index (κ1) is 12.7. The fourth-order valence-corrected chi connectivity index (χ4v) is 2.40. The molecule has 0 saturated heterocycles. The summed E-state index contributed by atoms with van der Waals surface area (Å²) in [5.41, 5.74) is 1.07. The summed E-state index contributed by atoms with van der Waals surface area (Å²) in [5, 5.41) is 0. The van der Waals surface area contributed by atoms with Crippen molar-refractivity contribution in [1.29, 1.82) is 0 Å². The molecule has 0 aliphatic heterocycles. The van der Waals surface area contributed by atoms with Gasteiger partial charge in [-0.2, -0.15) is 0 Å². The summed E-state index contributed by atoms with van der Waals surface area (Å²) < 4.78 is 5.98. The predicted octanol–water partition coefficient (Wildman–Crippen LogP) is 2.71. The molecule has 4 heteroatoms. The van der Waals surface area contributed by atoms with Crippen LogP contribution in [0, 0.1) is 4.91 Å². The lowest BCUT2D eigenvalue weighted by atomic mass is 9.64. The standard InChI is InChI=1S/C14H18NO3/c1-3-18-13(16)14(9-4-10-14)11-5-7-12(8-6-11)15(2)17/h5-8H,3-4,9-10H2,1-2H3/q+1. The van der Waals surface area contributed by atoms with Crippen LogP contribution in [0.4, 0.5) is 5.69 Å². The SMILES string of the molecule is CCOC(=O)C1(c2ccc([N+](C)=O)cc2)CCC1. The van der Waals surface area contributed by atoms with E-state index in [-0.39, 0.29) is 5.97 Å². The minimum absolute atomic E-state index is 0.139. The van der Waals surface area contributed by atoms with E-state index in [1.54, 1.807) is 12.1 Å². The molecule has 1 aliphatic rings. The Balaban J connectivity index is 2.27. The second kappa shape index (κ2) is 4.88. The summed E-state index contributed by atoms with van der Waals surface area (Å²) in [6, 6.07) is 7.23. The summed E-state index contributed by atoms with van der Waals surface area (Å²) in [7, 11) is 1.46. The van der Waals surface area contributed by atoms with Gasteiger partial charge in [-0.15, -0.1) is 0 Å². The largest absolute Gasteiger partial charge is 0.465 e. The van der Waals surface area contributed by atoms with Crippen LogP contribution in [0.25, 0.3) is 0 Å². The third kappa shape index (κ3) is 2.03. The molecule has 0 bridgehead atoms. The van der Waals surface area contributed by atoms with Gasteiger partial charge in [0.05, 0.1) is 12.0 Å². The van der Waals surface area contributed by atoms with Gasteiger partial charge in [-0.1, -0.05) is 18.6 Å². The molecule has 1 aromatic rings. The smallest absolute Gasteiger partial charge is 0.316 e. The highest BCUT2D eigenvalue weighted by Crippen LogP contribution is 2.45. The number of benzene rings is 1. The molecule has 0 heterocycles. The molecular weight excluding hydrogens is 230 g/mol. The number of ether oxygens (including phenoxy) is 1. The van der Waals surface area contributed by atoms with Gasteiger partial charge in [0.2, 0.25) is 0 Å². The van der Waals surface area contributed by atoms with E-state index < -0.39 is 5.41 Å². The molecule has 18 heavy (non-hydrogen) atoms. The van der Waals surface area contributed by atoms with Crippen molar-refractivity contribution in [2.24, 2.45) is 0 Å². The summed E-state index contributed by atoms with van der Waals surface area (Å²) in [5.74, 6) is -0.139. The maximum atomic E-state index is 12.1. The van der Waals surface area contributed by atoms with Crippen molar-refractivity contribution in [2.75, 3.05) is 13.7 Å². The monoisotopic (exact) mass is 248 g/mol. The lowest BCUT2D eigenvalue weighted by Crippen LogP contribution is -2.43. The summed E-state index contributed by atoms with van der Waals surface area (Å²) >= 11 is 0. The lowest BCUT2D eigenvalue weighted by Gasteiger charge is -2.39. The van der Waals surface area contributed by atoms with E-state index in [2.05, 4.69) is 0 Å². The van der Waals surface area contributed by atoms with Crippen LogP contribution < -0.4 is 0 Å². The van der Waals surface area contributed by atoms with Crippen molar-refractivity contribution >= 4 is 11.7 Å². The first-order chi connectivity index (χ1) is 8.60. The number of hydrogen-bond donors (Lipinski definition) is 0. The van der Waals surface area contributed by atoms with E-state index in [1.807, 2.05) is 19.1 Å². The van der Waals surface area contributed by atoms with Gasteiger partial charge in [0.25, 0.3) is 5.69 Å². The molecule has 2 rings (SSSR count). The fourth-order valence-electron chi connectivity index (χ4n) is 2.40. The Labute approximate surface area is 107 Å². The molecule has 96 valence electrons. The van der Waals surface area contributed by atoms with Gasteiger partial charge < -0.3 is 4.74 Å². The number of nitroso groups, excluding NO2 is 1. The molecule has 1 fully saturated rings. The number of nitrogens with zero attached hydrogens (tertiary/aromatic N) is 1. The van der Waals surface area contributed by atoms with Crippen molar-refractivity contribution in [3.8, 4) is 0 Å². The van der Waals surface area contributed by atoms with Gasteiger partial charge in [0, 0.05) is 21.8 Å². The number of hydrogen-bond acceptors (Lipinski definition) is 3. The molecule has 1 saturated carbocycles. The average molecular weight is 248 g/mol. The van der Waals surface area contributed by atoms with Gasteiger partial charge in [-0.05, 0) is 25.3 Å². The van der Waals surface area contributed by atoms with E-state index in [0.29, 0.717) is 12.3 Å². The molecule has 0 unspecified atom stereocenters. The average Bonchev–Trinajstić information content (AvgIpc) is 2.28. The van der Waals surface area contributed by atoms with E-state index in [0.717, 1.165) is 29.6 Å². The Morgan fingerprint density at radius 1 is 1.33 bits per heavy atom. The molecule has 0 atom stereocenters. The molecule has 0 radical (unpaired) electrons. The summed E-state index contributed by atoms with van der Waals surface area (Å²) in [6.07, 6.45) is 2.71. The van der Waals surface area contributed by atoms with E-state index in [9.17, 15) is 9.70 Å². The van der Waals surface area contributed by atoms with Gasteiger partial charge in [0.1, 0.15) is 0 Å². The van der Waals surface area contributed by atoms with Gasteiger partial charge in [0.15, 0.2) is 7.05 Å². The van der Waals surface area contributed by atoms with E-state index in [4.69, 9.17) is 4.74 Å². The molecule has 4 nitrogen and oxygen atoms in total. The zero-order valence-electron chi connectivity index (χ0n) is 10.8. The van der Waals surface area contributed by atoms with Crippen LogP contribution in [0.15, 0.2) is 24.3 Å². The number of carbonyl (C=O) groups excluding carboxylic acids is 1. The lowest BCUT2D eigenvalue weighted by molar-refractivity contribution is -0.428.